The lowest BCUT2D eigenvalue weighted by Crippen LogP contribution is -2.28. The van der Waals surface area contributed by atoms with Gasteiger partial charge in [-0.05, 0) is 24.8 Å². The number of aromatic nitrogens is 2. The van der Waals surface area contributed by atoms with Crippen molar-refractivity contribution in [1.82, 2.24) is 14.7 Å². The van der Waals surface area contributed by atoms with Crippen LogP contribution in [0, 0.1) is 6.92 Å². The summed E-state index contributed by atoms with van der Waals surface area (Å²) in [5.41, 5.74) is 0. The van der Waals surface area contributed by atoms with Crippen LogP contribution in [0.5, 0.6) is 0 Å². The SMILES string of the molecule is CCCC(NS(=O)(=O)c1cnc(C)[nH]1)c1cccs1. The van der Waals surface area contributed by atoms with Crippen molar-refractivity contribution in [3.8, 4) is 0 Å². The Labute approximate surface area is 117 Å². The van der Waals surface area contributed by atoms with Crippen LogP contribution < -0.4 is 4.72 Å². The fourth-order valence-corrected chi connectivity index (χ4v) is 3.93. The third-order valence-corrected chi connectivity index (χ3v) is 5.10. The molecule has 0 aromatic carbocycles. The highest BCUT2D eigenvalue weighted by Gasteiger charge is 2.22. The van der Waals surface area contributed by atoms with Crippen LogP contribution in [0.25, 0.3) is 0 Å². The fraction of sp³-hybridized carbons (Fsp3) is 0.417. The van der Waals surface area contributed by atoms with E-state index in [9.17, 15) is 8.42 Å². The number of imidazole rings is 1. The molecule has 0 radical (unpaired) electrons. The van der Waals surface area contributed by atoms with E-state index in [2.05, 4.69) is 14.7 Å². The molecule has 0 amide bonds. The molecular weight excluding hydrogens is 282 g/mol. The number of aromatic amines is 1. The van der Waals surface area contributed by atoms with E-state index in [0.29, 0.717) is 5.82 Å². The molecule has 0 aliphatic carbocycles. The summed E-state index contributed by atoms with van der Waals surface area (Å²) in [6, 6.07) is 3.70. The minimum absolute atomic E-state index is 0.114. The number of hydrogen-bond donors (Lipinski definition) is 2. The minimum atomic E-state index is -3.55. The molecule has 2 aromatic rings. The summed E-state index contributed by atoms with van der Waals surface area (Å²) in [5.74, 6) is 0.587. The Balaban J connectivity index is 2.21. The van der Waals surface area contributed by atoms with Gasteiger partial charge in [0.25, 0.3) is 10.0 Å². The van der Waals surface area contributed by atoms with Crippen molar-refractivity contribution in [1.29, 1.82) is 0 Å². The Bertz CT molecular complexity index is 617. The van der Waals surface area contributed by atoms with E-state index in [1.807, 2.05) is 24.4 Å². The topological polar surface area (TPSA) is 74.8 Å². The van der Waals surface area contributed by atoms with Crippen LogP contribution >= 0.6 is 11.3 Å². The quantitative estimate of drug-likeness (QED) is 0.861. The van der Waals surface area contributed by atoms with Crippen molar-refractivity contribution in [2.24, 2.45) is 0 Å². The molecule has 2 N–H and O–H groups in total. The van der Waals surface area contributed by atoms with Gasteiger partial charge in [0, 0.05) is 4.88 Å². The van der Waals surface area contributed by atoms with E-state index in [4.69, 9.17) is 0 Å². The maximum Gasteiger partial charge on any atom is 0.258 e. The number of thiophene rings is 1. The lowest BCUT2D eigenvalue weighted by Gasteiger charge is -2.16. The minimum Gasteiger partial charge on any atom is -0.332 e. The zero-order valence-corrected chi connectivity index (χ0v) is 12.5. The molecule has 0 saturated carbocycles. The second kappa shape index (κ2) is 5.85. The number of hydrogen-bond acceptors (Lipinski definition) is 4. The second-order valence-corrected chi connectivity index (χ2v) is 6.97. The summed E-state index contributed by atoms with van der Waals surface area (Å²) in [7, 11) is -3.55. The molecule has 5 nitrogen and oxygen atoms in total. The van der Waals surface area contributed by atoms with Gasteiger partial charge in [-0.25, -0.2) is 18.1 Å². The summed E-state index contributed by atoms with van der Waals surface area (Å²) in [6.45, 7) is 3.76. The first-order valence-electron chi connectivity index (χ1n) is 6.10. The molecule has 0 aliphatic heterocycles. The normalized spacial score (nSPS) is 13.6. The first kappa shape index (κ1) is 14.2. The zero-order chi connectivity index (χ0) is 13.9. The van der Waals surface area contributed by atoms with Gasteiger partial charge in [0.2, 0.25) is 0 Å². The lowest BCUT2D eigenvalue weighted by atomic mass is 10.1. The Hall–Kier alpha value is -1.18. The maximum atomic E-state index is 12.2. The molecule has 1 atom stereocenters. The number of sulfonamides is 1. The highest BCUT2D eigenvalue weighted by atomic mass is 32.2. The maximum absolute atomic E-state index is 12.2. The Morgan fingerprint density at radius 2 is 2.32 bits per heavy atom. The number of nitrogens with zero attached hydrogens (tertiary/aromatic N) is 1. The molecule has 0 saturated heterocycles. The van der Waals surface area contributed by atoms with E-state index >= 15 is 0 Å². The Morgan fingerprint density at radius 3 is 2.84 bits per heavy atom. The lowest BCUT2D eigenvalue weighted by molar-refractivity contribution is 0.537. The largest absolute Gasteiger partial charge is 0.332 e. The van der Waals surface area contributed by atoms with Gasteiger partial charge < -0.3 is 4.98 Å². The van der Waals surface area contributed by atoms with Crippen molar-refractivity contribution < 1.29 is 8.42 Å². The van der Waals surface area contributed by atoms with Crippen molar-refractivity contribution in [3.05, 3.63) is 34.4 Å². The van der Waals surface area contributed by atoms with Crippen LogP contribution in [-0.4, -0.2) is 18.4 Å². The predicted octanol–water partition coefficient (Wildman–Crippen LogP) is 2.60. The Morgan fingerprint density at radius 1 is 1.53 bits per heavy atom. The van der Waals surface area contributed by atoms with E-state index in [1.54, 1.807) is 18.3 Å². The first-order valence-corrected chi connectivity index (χ1v) is 8.46. The van der Waals surface area contributed by atoms with Crippen LogP contribution in [0.1, 0.15) is 36.5 Å². The molecule has 0 bridgehead atoms. The summed E-state index contributed by atoms with van der Waals surface area (Å²) in [5, 5.41) is 2.06. The van der Waals surface area contributed by atoms with Crippen LogP contribution in [0.3, 0.4) is 0 Å². The van der Waals surface area contributed by atoms with Crippen molar-refractivity contribution in [2.45, 2.75) is 37.8 Å². The van der Waals surface area contributed by atoms with E-state index in [0.717, 1.165) is 17.7 Å². The van der Waals surface area contributed by atoms with Gasteiger partial charge in [-0.1, -0.05) is 19.4 Å². The highest BCUT2D eigenvalue weighted by molar-refractivity contribution is 7.89. The third kappa shape index (κ3) is 3.43. The second-order valence-electron chi connectivity index (χ2n) is 4.31. The predicted molar refractivity (Wildman–Crippen MR) is 75.6 cm³/mol. The van der Waals surface area contributed by atoms with Crippen LogP contribution in [0.4, 0.5) is 0 Å². The number of aryl methyl sites for hydroxylation is 1. The van der Waals surface area contributed by atoms with Crippen molar-refractivity contribution in [2.75, 3.05) is 0 Å². The third-order valence-electron chi connectivity index (χ3n) is 2.73. The van der Waals surface area contributed by atoms with Gasteiger partial charge in [0.1, 0.15) is 5.82 Å². The number of nitrogens with one attached hydrogen (secondary N) is 2. The summed E-state index contributed by atoms with van der Waals surface area (Å²) in [4.78, 5) is 7.71. The molecule has 2 aromatic heterocycles. The van der Waals surface area contributed by atoms with E-state index in [1.165, 1.54) is 6.20 Å². The fourth-order valence-electron chi connectivity index (χ4n) is 1.82. The van der Waals surface area contributed by atoms with Gasteiger partial charge in [-0.15, -0.1) is 11.3 Å². The van der Waals surface area contributed by atoms with E-state index < -0.39 is 10.0 Å². The molecule has 2 rings (SSSR count). The first-order chi connectivity index (χ1) is 9.03. The van der Waals surface area contributed by atoms with Crippen LogP contribution in [-0.2, 0) is 10.0 Å². The zero-order valence-electron chi connectivity index (χ0n) is 10.9. The number of H-pyrrole nitrogens is 1. The van der Waals surface area contributed by atoms with Gasteiger partial charge in [-0.3, -0.25) is 0 Å². The number of rotatable bonds is 6. The standard InChI is InChI=1S/C12H17N3O2S2/c1-3-5-10(11-6-4-7-18-11)15-19(16,17)12-8-13-9(2)14-12/h4,6-8,10,15H,3,5H2,1-2H3,(H,13,14). The highest BCUT2D eigenvalue weighted by Crippen LogP contribution is 2.25. The summed E-state index contributed by atoms with van der Waals surface area (Å²) >= 11 is 1.56. The average Bonchev–Trinajstić information content (AvgIpc) is 2.98. The molecular formula is C12H17N3O2S2. The van der Waals surface area contributed by atoms with Gasteiger partial charge in [0.05, 0.1) is 12.2 Å². The van der Waals surface area contributed by atoms with Gasteiger partial charge in [0.15, 0.2) is 5.03 Å². The molecule has 7 heteroatoms. The molecule has 104 valence electrons. The molecule has 2 heterocycles. The molecule has 1 unspecified atom stereocenters. The van der Waals surface area contributed by atoms with Crippen LogP contribution in [0.15, 0.2) is 28.7 Å². The van der Waals surface area contributed by atoms with Gasteiger partial charge in [-0.2, -0.15) is 0 Å². The van der Waals surface area contributed by atoms with E-state index in [-0.39, 0.29) is 11.1 Å². The molecule has 19 heavy (non-hydrogen) atoms. The Kier molecular flexibility index (Phi) is 4.38. The molecule has 0 aliphatic rings. The molecule has 0 fully saturated rings. The summed E-state index contributed by atoms with van der Waals surface area (Å²) in [6.07, 6.45) is 3.02. The van der Waals surface area contributed by atoms with Crippen molar-refractivity contribution in [3.63, 3.8) is 0 Å². The van der Waals surface area contributed by atoms with Gasteiger partial charge >= 0.3 is 0 Å². The average molecular weight is 299 g/mol. The smallest absolute Gasteiger partial charge is 0.258 e. The monoisotopic (exact) mass is 299 g/mol. The molecule has 0 spiro atoms. The van der Waals surface area contributed by atoms with Crippen LogP contribution in [0.2, 0.25) is 0 Å². The van der Waals surface area contributed by atoms with Crippen molar-refractivity contribution >= 4 is 21.4 Å². The summed E-state index contributed by atoms with van der Waals surface area (Å²) < 4.78 is 27.2.